The summed E-state index contributed by atoms with van der Waals surface area (Å²) in [4.78, 5) is 12.1. The highest BCUT2D eigenvalue weighted by atomic mass is 35.5. The predicted molar refractivity (Wildman–Crippen MR) is 76.1 cm³/mol. The Balaban J connectivity index is 1.75. The first kappa shape index (κ1) is 14.0. The molecule has 3 rings (SSSR count). The summed E-state index contributed by atoms with van der Waals surface area (Å²) >= 11 is 11.8. The zero-order valence-electron chi connectivity index (χ0n) is 10.7. The van der Waals surface area contributed by atoms with Crippen molar-refractivity contribution in [2.75, 3.05) is 13.2 Å². The zero-order chi connectivity index (χ0) is 14.4. The van der Waals surface area contributed by atoms with Crippen LogP contribution in [0, 0.1) is 5.92 Å². The van der Waals surface area contributed by atoms with Gasteiger partial charge in [-0.15, -0.1) is 23.2 Å². The highest BCUT2D eigenvalue weighted by Gasteiger charge is 2.57. The molecule has 2 atom stereocenters. The lowest BCUT2D eigenvalue weighted by Crippen LogP contribution is -2.59. The molecule has 108 valence electrons. The normalized spacial score (nSPS) is 30.1. The van der Waals surface area contributed by atoms with Crippen molar-refractivity contribution in [1.82, 2.24) is 5.32 Å². The van der Waals surface area contributed by atoms with Crippen LogP contribution in [0.3, 0.4) is 0 Å². The van der Waals surface area contributed by atoms with E-state index in [0.29, 0.717) is 12.8 Å². The number of carbonyl (C=O) groups is 1. The molecule has 0 spiro atoms. The van der Waals surface area contributed by atoms with E-state index >= 15 is 0 Å². The average Bonchev–Trinajstić information content (AvgIpc) is 3.08. The Morgan fingerprint density at radius 1 is 1.45 bits per heavy atom. The predicted octanol–water partition coefficient (Wildman–Crippen LogP) is 1.66. The lowest BCUT2D eigenvalue weighted by atomic mass is 9.89. The van der Waals surface area contributed by atoms with Gasteiger partial charge in [-0.25, -0.2) is 0 Å². The van der Waals surface area contributed by atoms with Gasteiger partial charge in [0.25, 0.3) is 0 Å². The maximum atomic E-state index is 12.1. The van der Waals surface area contributed by atoms with Gasteiger partial charge in [-0.05, 0) is 18.1 Å². The Kier molecular flexibility index (Phi) is 3.35. The molecule has 0 saturated heterocycles. The number of benzene rings is 1. The number of ether oxygens (including phenoxy) is 1. The van der Waals surface area contributed by atoms with E-state index in [1.807, 2.05) is 24.3 Å². The van der Waals surface area contributed by atoms with E-state index in [1.54, 1.807) is 0 Å². The third-order valence-electron chi connectivity index (χ3n) is 3.84. The number of alkyl halides is 2. The van der Waals surface area contributed by atoms with Gasteiger partial charge in [0.2, 0.25) is 5.91 Å². The fourth-order valence-corrected chi connectivity index (χ4v) is 3.00. The second-order valence-corrected chi connectivity index (χ2v) is 7.06. The van der Waals surface area contributed by atoms with Crippen LogP contribution in [0.2, 0.25) is 0 Å². The molecule has 1 fully saturated rings. The molecule has 2 unspecified atom stereocenters. The van der Waals surface area contributed by atoms with E-state index in [1.165, 1.54) is 0 Å². The Hall–Kier alpha value is -0.970. The van der Waals surface area contributed by atoms with Gasteiger partial charge < -0.3 is 15.2 Å². The minimum absolute atomic E-state index is 0.197. The lowest BCUT2D eigenvalue weighted by Gasteiger charge is -2.37. The van der Waals surface area contributed by atoms with Crippen LogP contribution in [0.1, 0.15) is 12.0 Å². The van der Waals surface area contributed by atoms with Gasteiger partial charge in [0.15, 0.2) is 0 Å². The standard InChI is InChI=1S/C14H15Cl2NO3/c15-14(16)6-10(14)12(19)17-13(7-18)5-9-3-1-2-4-11(9)20-8-13/h1-4,10,18H,5-8H2,(H,17,19). The van der Waals surface area contributed by atoms with Crippen molar-refractivity contribution < 1.29 is 14.6 Å². The zero-order valence-corrected chi connectivity index (χ0v) is 12.2. The lowest BCUT2D eigenvalue weighted by molar-refractivity contribution is -0.125. The Morgan fingerprint density at radius 2 is 2.15 bits per heavy atom. The number of carbonyl (C=O) groups excluding carboxylic acids is 1. The molecule has 2 aliphatic rings. The van der Waals surface area contributed by atoms with E-state index in [-0.39, 0.29) is 19.1 Å². The molecule has 0 aromatic heterocycles. The maximum absolute atomic E-state index is 12.1. The molecule has 0 bridgehead atoms. The molecule has 6 heteroatoms. The molecule has 4 nitrogen and oxygen atoms in total. The van der Waals surface area contributed by atoms with Gasteiger partial charge in [0.05, 0.1) is 12.5 Å². The number of nitrogens with one attached hydrogen (secondary N) is 1. The van der Waals surface area contributed by atoms with Gasteiger partial charge in [-0.2, -0.15) is 0 Å². The summed E-state index contributed by atoms with van der Waals surface area (Å²) in [5.74, 6) is 0.153. The van der Waals surface area contributed by atoms with E-state index < -0.39 is 15.8 Å². The number of fused-ring (bicyclic) bond motifs is 1. The van der Waals surface area contributed by atoms with E-state index in [0.717, 1.165) is 11.3 Å². The van der Waals surface area contributed by atoms with Gasteiger partial charge >= 0.3 is 0 Å². The molecule has 1 saturated carbocycles. The fourth-order valence-electron chi connectivity index (χ4n) is 2.49. The molecule has 1 heterocycles. The quantitative estimate of drug-likeness (QED) is 0.834. The summed E-state index contributed by atoms with van der Waals surface area (Å²) in [7, 11) is 0. The van der Waals surface area contributed by atoms with E-state index in [4.69, 9.17) is 27.9 Å². The maximum Gasteiger partial charge on any atom is 0.226 e. The number of aliphatic hydroxyl groups excluding tert-OH is 1. The highest BCUT2D eigenvalue weighted by Crippen LogP contribution is 2.53. The first-order valence-electron chi connectivity index (χ1n) is 6.47. The van der Waals surface area contributed by atoms with Crippen LogP contribution < -0.4 is 10.1 Å². The van der Waals surface area contributed by atoms with Crippen molar-refractivity contribution in [3.63, 3.8) is 0 Å². The van der Waals surface area contributed by atoms with Crippen molar-refractivity contribution >= 4 is 29.1 Å². The van der Waals surface area contributed by atoms with Gasteiger partial charge in [-0.3, -0.25) is 4.79 Å². The number of hydrogen-bond donors (Lipinski definition) is 2. The number of halogens is 2. The molecule has 1 amide bonds. The summed E-state index contributed by atoms with van der Waals surface area (Å²) in [5, 5.41) is 12.5. The van der Waals surface area contributed by atoms with Crippen LogP contribution in [0.25, 0.3) is 0 Å². The molecule has 1 aliphatic carbocycles. The first-order chi connectivity index (χ1) is 9.46. The highest BCUT2D eigenvalue weighted by molar-refractivity contribution is 6.52. The smallest absolute Gasteiger partial charge is 0.226 e. The second kappa shape index (κ2) is 4.79. The summed E-state index contributed by atoms with van der Waals surface area (Å²) in [5.41, 5.74) is 0.157. The van der Waals surface area contributed by atoms with Crippen LogP contribution >= 0.6 is 23.2 Å². The van der Waals surface area contributed by atoms with Gasteiger partial charge in [-0.1, -0.05) is 18.2 Å². The fraction of sp³-hybridized carbons (Fsp3) is 0.500. The summed E-state index contributed by atoms with van der Waals surface area (Å²) in [6.07, 6.45) is 0.969. The van der Waals surface area contributed by atoms with Crippen LogP contribution in [0.4, 0.5) is 0 Å². The third-order valence-corrected chi connectivity index (χ3v) is 4.67. The third kappa shape index (κ3) is 2.48. The Morgan fingerprint density at radius 3 is 2.80 bits per heavy atom. The monoisotopic (exact) mass is 315 g/mol. The second-order valence-electron chi connectivity index (χ2n) is 5.52. The van der Waals surface area contributed by atoms with Crippen molar-refractivity contribution in [3.8, 4) is 5.75 Å². The largest absolute Gasteiger partial charge is 0.491 e. The molecule has 1 aromatic rings. The van der Waals surface area contributed by atoms with Crippen molar-refractivity contribution in [2.45, 2.75) is 22.7 Å². The van der Waals surface area contributed by atoms with Crippen LogP contribution in [-0.2, 0) is 11.2 Å². The topological polar surface area (TPSA) is 58.6 Å². The molecular weight excluding hydrogens is 301 g/mol. The molecular formula is C14H15Cl2NO3. The van der Waals surface area contributed by atoms with Crippen molar-refractivity contribution in [3.05, 3.63) is 29.8 Å². The first-order valence-corrected chi connectivity index (χ1v) is 7.23. The molecule has 1 aromatic carbocycles. The SMILES string of the molecule is O=C(NC1(CO)COc2ccccc2C1)C1CC1(Cl)Cl. The Labute approximate surface area is 127 Å². The Bertz CT molecular complexity index is 549. The summed E-state index contributed by atoms with van der Waals surface area (Å²) in [6.45, 7) is 0.0356. The number of para-hydroxylation sites is 1. The van der Waals surface area contributed by atoms with Crippen LogP contribution in [0.15, 0.2) is 24.3 Å². The van der Waals surface area contributed by atoms with Crippen LogP contribution in [0.5, 0.6) is 5.75 Å². The molecule has 20 heavy (non-hydrogen) atoms. The van der Waals surface area contributed by atoms with Gasteiger partial charge in [0.1, 0.15) is 22.2 Å². The molecule has 2 N–H and O–H groups in total. The van der Waals surface area contributed by atoms with E-state index in [2.05, 4.69) is 5.32 Å². The number of aliphatic hydroxyl groups is 1. The molecule has 1 aliphatic heterocycles. The molecule has 0 radical (unpaired) electrons. The van der Waals surface area contributed by atoms with Crippen molar-refractivity contribution in [2.24, 2.45) is 5.92 Å². The summed E-state index contributed by atoms with van der Waals surface area (Å²) in [6, 6.07) is 7.60. The number of amides is 1. The van der Waals surface area contributed by atoms with E-state index in [9.17, 15) is 9.90 Å². The average molecular weight is 316 g/mol. The minimum Gasteiger partial charge on any atom is -0.491 e. The van der Waals surface area contributed by atoms with Gasteiger partial charge in [0, 0.05) is 6.42 Å². The minimum atomic E-state index is -0.964. The number of hydrogen-bond acceptors (Lipinski definition) is 3. The summed E-state index contributed by atoms with van der Waals surface area (Å²) < 4.78 is 4.68. The van der Waals surface area contributed by atoms with Crippen molar-refractivity contribution in [1.29, 1.82) is 0 Å². The number of rotatable bonds is 3. The van der Waals surface area contributed by atoms with Crippen LogP contribution in [-0.4, -0.2) is 34.1 Å².